The van der Waals surface area contributed by atoms with Gasteiger partial charge >= 0.3 is 0 Å². The van der Waals surface area contributed by atoms with Crippen molar-refractivity contribution in [3.05, 3.63) is 40.2 Å². The second-order valence-electron chi connectivity index (χ2n) is 3.08. The highest BCUT2D eigenvalue weighted by atomic mass is 32.1. The van der Waals surface area contributed by atoms with E-state index in [1.165, 1.54) is 11.3 Å². The fourth-order valence-electron chi connectivity index (χ4n) is 1.26. The Morgan fingerprint density at radius 2 is 2.20 bits per heavy atom. The molecular weight excluding hydrogens is 206 g/mol. The summed E-state index contributed by atoms with van der Waals surface area (Å²) in [6.45, 7) is 2.01. The number of anilines is 2. The van der Waals surface area contributed by atoms with E-state index in [1.54, 1.807) is 5.51 Å². The number of nitrogens with one attached hydrogen (secondary N) is 1. The highest BCUT2D eigenvalue weighted by molar-refractivity contribution is 7.10. The Kier molecular flexibility index (Phi) is 2.66. The summed E-state index contributed by atoms with van der Waals surface area (Å²) in [5, 5.41) is 12.0. The van der Waals surface area contributed by atoms with Gasteiger partial charge in [-0.3, -0.25) is 0 Å². The lowest BCUT2D eigenvalue weighted by Crippen LogP contribution is -1.94. The number of para-hydroxylation sites is 1. The normalized spacial score (nSPS) is 9.60. The zero-order valence-corrected chi connectivity index (χ0v) is 9.01. The van der Waals surface area contributed by atoms with Crippen molar-refractivity contribution in [3.8, 4) is 6.07 Å². The van der Waals surface area contributed by atoms with Crippen LogP contribution in [-0.4, -0.2) is 4.98 Å². The lowest BCUT2D eigenvalue weighted by Gasteiger charge is -2.06. The molecule has 0 bridgehead atoms. The first-order valence-electron chi connectivity index (χ1n) is 4.47. The summed E-state index contributed by atoms with van der Waals surface area (Å²) in [4.78, 5) is 4.72. The number of rotatable bonds is 2. The van der Waals surface area contributed by atoms with Crippen molar-refractivity contribution < 1.29 is 0 Å². The van der Waals surface area contributed by atoms with Crippen molar-refractivity contribution in [1.82, 2.24) is 4.98 Å². The molecule has 0 spiro atoms. The van der Waals surface area contributed by atoms with Gasteiger partial charge in [0.25, 0.3) is 0 Å². The van der Waals surface area contributed by atoms with Crippen molar-refractivity contribution in [2.75, 3.05) is 5.32 Å². The van der Waals surface area contributed by atoms with E-state index < -0.39 is 0 Å². The third-order valence-corrected chi connectivity index (χ3v) is 2.80. The minimum atomic E-state index is 0.609. The van der Waals surface area contributed by atoms with Crippen LogP contribution in [0.5, 0.6) is 0 Å². The number of aromatic nitrogens is 1. The molecule has 0 amide bonds. The van der Waals surface area contributed by atoms with E-state index in [2.05, 4.69) is 16.4 Å². The van der Waals surface area contributed by atoms with Gasteiger partial charge in [-0.05, 0) is 18.6 Å². The predicted molar refractivity (Wildman–Crippen MR) is 61.3 cm³/mol. The Hall–Kier alpha value is -1.86. The number of nitrogens with zero attached hydrogens (tertiary/aromatic N) is 2. The molecule has 3 nitrogen and oxygen atoms in total. The van der Waals surface area contributed by atoms with Gasteiger partial charge in [0.2, 0.25) is 0 Å². The molecule has 2 aromatic rings. The topological polar surface area (TPSA) is 48.7 Å². The van der Waals surface area contributed by atoms with Gasteiger partial charge in [0.1, 0.15) is 10.9 Å². The molecule has 2 rings (SSSR count). The molecule has 0 fully saturated rings. The number of thiazole rings is 1. The van der Waals surface area contributed by atoms with E-state index in [4.69, 9.17) is 5.26 Å². The van der Waals surface area contributed by atoms with E-state index in [0.717, 1.165) is 11.3 Å². The molecule has 1 aromatic carbocycles. The molecule has 0 aliphatic carbocycles. The number of benzene rings is 1. The van der Waals surface area contributed by atoms with Gasteiger partial charge in [-0.15, -0.1) is 11.3 Å². The van der Waals surface area contributed by atoms with Crippen LogP contribution in [0.2, 0.25) is 0 Å². The highest BCUT2D eigenvalue weighted by Crippen LogP contribution is 2.23. The first-order valence-corrected chi connectivity index (χ1v) is 5.35. The largest absolute Gasteiger partial charge is 0.338 e. The summed E-state index contributed by atoms with van der Waals surface area (Å²) in [6, 6.07) is 10.0. The molecule has 1 N–H and O–H groups in total. The van der Waals surface area contributed by atoms with Gasteiger partial charge in [0, 0.05) is 5.69 Å². The van der Waals surface area contributed by atoms with Crippen molar-refractivity contribution in [2.24, 2.45) is 0 Å². The van der Waals surface area contributed by atoms with Crippen molar-refractivity contribution in [3.63, 3.8) is 0 Å². The first kappa shape index (κ1) is 9.69. The maximum Gasteiger partial charge on any atom is 0.159 e. The van der Waals surface area contributed by atoms with E-state index in [0.29, 0.717) is 10.7 Å². The molecule has 1 heterocycles. The van der Waals surface area contributed by atoms with Crippen molar-refractivity contribution in [1.29, 1.82) is 5.26 Å². The monoisotopic (exact) mass is 215 g/mol. The maximum absolute atomic E-state index is 8.84. The Morgan fingerprint density at radius 3 is 2.93 bits per heavy atom. The third kappa shape index (κ3) is 1.97. The molecule has 0 unspecified atom stereocenters. The molecule has 0 aliphatic heterocycles. The molecule has 0 saturated heterocycles. The van der Waals surface area contributed by atoms with Crippen LogP contribution in [0.3, 0.4) is 0 Å². The number of hydrogen-bond acceptors (Lipinski definition) is 4. The Morgan fingerprint density at radius 1 is 1.40 bits per heavy atom. The zero-order chi connectivity index (χ0) is 10.7. The number of aryl methyl sites for hydroxylation is 1. The molecular formula is C11H9N3S. The van der Waals surface area contributed by atoms with Crippen molar-refractivity contribution >= 4 is 22.8 Å². The second kappa shape index (κ2) is 4.11. The molecule has 74 valence electrons. The van der Waals surface area contributed by atoms with E-state index in [1.807, 2.05) is 31.2 Å². The summed E-state index contributed by atoms with van der Waals surface area (Å²) < 4.78 is 0. The van der Waals surface area contributed by atoms with Gasteiger partial charge in [-0.1, -0.05) is 18.2 Å². The van der Waals surface area contributed by atoms with Crippen LogP contribution >= 0.6 is 11.3 Å². The minimum absolute atomic E-state index is 0.609. The summed E-state index contributed by atoms with van der Waals surface area (Å²) in [5.41, 5.74) is 3.79. The summed E-state index contributed by atoms with van der Waals surface area (Å²) >= 11 is 1.34. The van der Waals surface area contributed by atoms with Gasteiger partial charge in [-0.25, -0.2) is 4.98 Å². The zero-order valence-electron chi connectivity index (χ0n) is 8.19. The number of nitriles is 1. The highest BCUT2D eigenvalue weighted by Gasteiger charge is 2.05. The Labute approximate surface area is 92.0 Å². The molecule has 15 heavy (non-hydrogen) atoms. The lowest BCUT2D eigenvalue weighted by molar-refractivity contribution is 1.34. The Bertz CT molecular complexity index is 511. The van der Waals surface area contributed by atoms with E-state index in [-0.39, 0.29) is 0 Å². The van der Waals surface area contributed by atoms with Crippen LogP contribution in [0.25, 0.3) is 0 Å². The van der Waals surface area contributed by atoms with Crippen LogP contribution in [0.1, 0.15) is 10.4 Å². The van der Waals surface area contributed by atoms with Gasteiger partial charge in [0.15, 0.2) is 5.82 Å². The summed E-state index contributed by atoms with van der Waals surface area (Å²) in [6.07, 6.45) is 0. The maximum atomic E-state index is 8.84. The van der Waals surface area contributed by atoms with Crippen LogP contribution in [0.4, 0.5) is 11.5 Å². The Balaban J connectivity index is 2.31. The average molecular weight is 215 g/mol. The second-order valence-corrected chi connectivity index (χ2v) is 3.94. The number of hydrogen-bond donors (Lipinski definition) is 1. The fraction of sp³-hybridized carbons (Fsp3) is 0.0909. The van der Waals surface area contributed by atoms with Crippen LogP contribution < -0.4 is 5.32 Å². The van der Waals surface area contributed by atoms with Crippen LogP contribution in [-0.2, 0) is 0 Å². The average Bonchev–Trinajstić information content (AvgIpc) is 2.69. The van der Waals surface area contributed by atoms with Crippen molar-refractivity contribution in [2.45, 2.75) is 6.92 Å². The summed E-state index contributed by atoms with van der Waals surface area (Å²) in [5.74, 6) is 0.636. The molecule has 0 atom stereocenters. The van der Waals surface area contributed by atoms with Crippen LogP contribution in [0, 0.1) is 18.3 Å². The summed E-state index contributed by atoms with van der Waals surface area (Å²) in [7, 11) is 0. The smallest absolute Gasteiger partial charge is 0.159 e. The molecule has 1 aromatic heterocycles. The van der Waals surface area contributed by atoms with E-state index in [9.17, 15) is 0 Å². The fourth-order valence-corrected chi connectivity index (χ4v) is 1.79. The minimum Gasteiger partial charge on any atom is -0.338 e. The van der Waals surface area contributed by atoms with Gasteiger partial charge in [0.05, 0.1) is 5.51 Å². The molecule has 0 aliphatic rings. The predicted octanol–water partition coefficient (Wildman–Crippen LogP) is 3.07. The van der Waals surface area contributed by atoms with E-state index >= 15 is 0 Å². The van der Waals surface area contributed by atoms with Gasteiger partial charge < -0.3 is 5.32 Å². The van der Waals surface area contributed by atoms with Crippen LogP contribution in [0.15, 0.2) is 29.8 Å². The SMILES string of the molecule is Cc1ccccc1Nc1ncsc1C#N. The quantitative estimate of drug-likeness (QED) is 0.837. The third-order valence-electron chi connectivity index (χ3n) is 2.07. The molecule has 0 radical (unpaired) electrons. The molecule has 0 saturated carbocycles. The standard InChI is InChI=1S/C11H9N3S/c1-8-4-2-3-5-9(8)14-11-10(6-12)15-7-13-11/h2-5,7,14H,1H3. The lowest BCUT2D eigenvalue weighted by atomic mass is 10.2. The van der Waals surface area contributed by atoms with Gasteiger partial charge in [-0.2, -0.15) is 5.26 Å². The first-order chi connectivity index (χ1) is 7.31. The molecule has 4 heteroatoms.